The van der Waals surface area contributed by atoms with E-state index in [1.807, 2.05) is 30.3 Å². The van der Waals surface area contributed by atoms with Crippen molar-refractivity contribution in [2.45, 2.75) is 6.04 Å². The second kappa shape index (κ2) is 8.50. The minimum Gasteiger partial charge on any atom is -0.497 e. The van der Waals surface area contributed by atoms with E-state index in [9.17, 15) is 0 Å². The van der Waals surface area contributed by atoms with Crippen molar-refractivity contribution < 1.29 is 9.64 Å². The molecule has 0 unspecified atom stereocenters. The molecular formula is C18H24N3OS+. The quantitative estimate of drug-likeness (QED) is 0.707. The zero-order chi connectivity index (χ0) is 16.7. The topological polar surface area (TPSA) is 37.7 Å². The van der Waals surface area contributed by atoms with Gasteiger partial charge in [0.05, 0.1) is 27.7 Å². The molecular weight excluding hydrogens is 306 g/mol. The third-order valence-electron chi connectivity index (χ3n) is 3.71. The summed E-state index contributed by atoms with van der Waals surface area (Å²) in [6, 6.07) is 18.5. The monoisotopic (exact) mass is 330 g/mol. The van der Waals surface area contributed by atoms with E-state index < -0.39 is 0 Å². The summed E-state index contributed by atoms with van der Waals surface area (Å²) in [5, 5.41) is 7.12. The molecule has 0 saturated carbocycles. The number of nitrogens with one attached hydrogen (secondary N) is 3. The van der Waals surface area contributed by atoms with Crippen LogP contribution in [0.3, 0.4) is 0 Å². The number of ether oxygens (including phenoxy) is 1. The summed E-state index contributed by atoms with van der Waals surface area (Å²) in [7, 11) is 5.96. The van der Waals surface area contributed by atoms with Gasteiger partial charge in [0.2, 0.25) is 0 Å². The second-order valence-corrected chi connectivity index (χ2v) is 6.01. The number of anilines is 1. The molecule has 0 heterocycles. The Hall–Kier alpha value is -2.11. The van der Waals surface area contributed by atoms with Crippen molar-refractivity contribution in [1.82, 2.24) is 5.32 Å². The highest BCUT2D eigenvalue weighted by Gasteiger charge is 2.17. The predicted molar refractivity (Wildman–Crippen MR) is 99.2 cm³/mol. The van der Waals surface area contributed by atoms with Crippen LogP contribution in [-0.2, 0) is 0 Å². The summed E-state index contributed by atoms with van der Waals surface area (Å²) < 4.78 is 5.15. The minimum absolute atomic E-state index is 0.340. The summed E-state index contributed by atoms with van der Waals surface area (Å²) in [6.45, 7) is 0.772. The molecule has 0 amide bonds. The van der Waals surface area contributed by atoms with E-state index in [1.54, 1.807) is 7.11 Å². The molecule has 0 saturated heterocycles. The molecule has 2 aromatic rings. The molecule has 2 rings (SSSR count). The summed E-state index contributed by atoms with van der Waals surface area (Å²) in [6.07, 6.45) is 0. The van der Waals surface area contributed by atoms with Gasteiger partial charge >= 0.3 is 0 Å². The van der Waals surface area contributed by atoms with Crippen molar-refractivity contribution in [2.75, 3.05) is 33.1 Å². The highest BCUT2D eigenvalue weighted by atomic mass is 32.1. The molecule has 0 aliphatic carbocycles. The third-order valence-corrected chi connectivity index (χ3v) is 3.96. The van der Waals surface area contributed by atoms with Gasteiger partial charge in [0, 0.05) is 11.3 Å². The SMILES string of the molecule is COc1ccc(NC(=S)NC[C@@H](c2ccccc2)[NH+](C)C)cc1. The zero-order valence-corrected chi connectivity index (χ0v) is 14.6. The van der Waals surface area contributed by atoms with Crippen molar-refractivity contribution in [3.8, 4) is 5.75 Å². The molecule has 23 heavy (non-hydrogen) atoms. The van der Waals surface area contributed by atoms with Gasteiger partial charge in [-0.05, 0) is 36.5 Å². The van der Waals surface area contributed by atoms with Crippen molar-refractivity contribution in [3.63, 3.8) is 0 Å². The lowest BCUT2D eigenvalue weighted by Crippen LogP contribution is -3.07. The molecule has 1 atom stereocenters. The Labute approximate surface area is 143 Å². The van der Waals surface area contributed by atoms with E-state index in [0.717, 1.165) is 18.0 Å². The van der Waals surface area contributed by atoms with Gasteiger partial charge in [0.15, 0.2) is 5.11 Å². The van der Waals surface area contributed by atoms with E-state index in [-0.39, 0.29) is 0 Å². The van der Waals surface area contributed by atoms with Gasteiger partial charge in [0.1, 0.15) is 11.8 Å². The maximum absolute atomic E-state index is 5.39. The third kappa shape index (κ3) is 5.23. The standard InChI is InChI=1S/C18H23N3OS/c1-21(2)17(14-7-5-4-6-8-14)13-19-18(23)20-15-9-11-16(22-3)12-10-15/h4-12,17H,13H2,1-3H3,(H2,19,20,23)/p+1/t17-/m0/s1. The van der Waals surface area contributed by atoms with Crippen LogP contribution in [0.1, 0.15) is 11.6 Å². The summed E-state index contributed by atoms with van der Waals surface area (Å²) in [5.41, 5.74) is 2.24. The number of hydrogen-bond donors (Lipinski definition) is 3. The molecule has 4 nitrogen and oxygen atoms in total. The van der Waals surface area contributed by atoms with Crippen LogP contribution in [-0.4, -0.2) is 32.9 Å². The van der Waals surface area contributed by atoms with Gasteiger partial charge in [-0.25, -0.2) is 0 Å². The molecule has 2 aromatic carbocycles. The van der Waals surface area contributed by atoms with E-state index in [1.165, 1.54) is 10.5 Å². The summed E-state index contributed by atoms with van der Waals surface area (Å²) >= 11 is 5.39. The van der Waals surface area contributed by atoms with Crippen LogP contribution in [0.15, 0.2) is 54.6 Å². The number of thiocarbonyl (C=S) groups is 1. The average molecular weight is 330 g/mol. The summed E-state index contributed by atoms with van der Waals surface area (Å²) in [5.74, 6) is 0.828. The Bertz CT molecular complexity index is 614. The minimum atomic E-state index is 0.340. The van der Waals surface area contributed by atoms with Crippen molar-refractivity contribution in [3.05, 3.63) is 60.2 Å². The van der Waals surface area contributed by atoms with Crippen LogP contribution in [0.2, 0.25) is 0 Å². The lowest BCUT2D eigenvalue weighted by Gasteiger charge is -2.23. The first-order valence-corrected chi connectivity index (χ1v) is 8.05. The predicted octanol–water partition coefficient (Wildman–Crippen LogP) is 1.87. The van der Waals surface area contributed by atoms with E-state index in [4.69, 9.17) is 17.0 Å². The van der Waals surface area contributed by atoms with Crippen LogP contribution >= 0.6 is 12.2 Å². The number of benzene rings is 2. The van der Waals surface area contributed by atoms with E-state index in [0.29, 0.717) is 11.2 Å². The van der Waals surface area contributed by atoms with Gasteiger partial charge in [0.25, 0.3) is 0 Å². The van der Waals surface area contributed by atoms with Crippen LogP contribution in [0.25, 0.3) is 0 Å². The number of hydrogen-bond acceptors (Lipinski definition) is 2. The first-order valence-electron chi connectivity index (χ1n) is 7.64. The van der Waals surface area contributed by atoms with Crippen LogP contribution in [0, 0.1) is 0 Å². The zero-order valence-electron chi connectivity index (χ0n) is 13.8. The molecule has 0 aromatic heterocycles. The normalized spacial score (nSPS) is 11.8. The summed E-state index contributed by atoms with van der Waals surface area (Å²) in [4.78, 5) is 1.36. The van der Waals surface area contributed by atoms with Crippen LogP contribution in [0.4, 0.5) is 5.69 Å². The lowest BCUT2D eigenvalue weighted by molar-refractivity contribution is -0.890. The number of quaternary nitrogens is 1. The van der Waals surface area contributed by atoms with Crippen molar-refractivity contribution in [2.24, 2.45) is 0 Å². The van der Waals surface area contributed by atoms with Gasteiger partial charge in [-0.2, -0.15) is 0 Å². The molecule has 122 valence electrons. The smallest absolute Gasteiger partial charge is 0.171 e. The molecule has 0 radical (unpaired) electrons. The fourth-order valence-electron chi connectivity index (χ4n) is 2.39. The van der Waals surface area contributed by atoms with Gasteiger partial charge < -0.3 is 20.3 Å². The maximum Gasteiger partial charge on any atom is 0.171 e. The Kier molecular flexibility index (Phi) is 6.38. The average Bonchev–Trinajstić information content (AvgIpc) is 2.56. The van der Waals surface area contributed by atoms with Crippen LogP contribution < -0.4 is 20.3 Å². The number of rotatable bonds is 6. The first kappa shape index (κ1) is 17.2. The number of methoxy groups -OCH3 is 1. The lowest BCUT2D eigenvalue weighted by atomic mass is 10.1. The fraction of sp³-hybridized carbons (Fsp3) is 0.278. The Morgan fingerprint density at radius 3 is 2.30 bits per heavy atom. The molecule has 0 aliphatic rings. The largest absolute Gasteiger partial charge is 0.497 e. The highest BCUT2D eigenvalue weighted by molar-refractivity contribution is 7.80. The second-order valence-electron chi connectivity index (χ2n) is 5.60. The van der Waals surface area contributed by atoms with E-state index in [2.05, 4.69) is 49.0 Å². The van der Waals surface area contributed by atoms with Crippen LogP contribution in [0.5, 0.6) is 5.75 Å². The molecule has 0 spiro atoms. The molecule has 5 heteroatoms. The van der Waals surface area contributed by atoms with Gasteiger partial charge in [-0.15, -0.1) is 0 Å². The maximum atomic E-state index is 5.39. The number of likely N-dealkylation sites (N-methyl/N-ethyl adjacent to an activating group) is 1. The fourth-order valence-corrected chi connectivity index (χ4v) is 2.59. The Morgan fingerprint density at radius 2 is 1.74 bits per heavy atom. The molecule has 0 aliphatic heterocycles. The van der Waals surface area contributed by atoms with E-state index >= 15 is 0 Å². The molecule has 0 fully saturated rings. The van der Waals surface area contributed by atoms with Crippen molar-refractivity contribution >= 4 is 23.0 Å². The molecule has 3 N–H and O–H groups in total. The Balaban J connectivity index is 1.91. The Morgan fingerprint density at radius 1 is 1.09 bits per heavy atom. The first-order chi connectivity index (χ1) is 11.1. The van der Waals surface area contributed by atoms with Crippen molar-refractivity contribution in [1.29, 1.82) is 0 Å². The van der Waals surface area contributed by atoms with Gasteiger partial charge in [-0.3, -0.25) is 0 Å². The van der Waals surface area contributed by atoms with Gasteiger partial charge in [-0.1, -0.05) is 30.3 Å². The molecule has 0 bridgehead atoms. The highest BCUT2D eigenvalue weighted by Crippen LogP contribution is 2.15.